The van der Waals surface area contributed by atoms with Gasteiger partial charge < -0.3 is 21.1 Å². The molecule has 0 aliphatic heterocycles. The Morgan fingerprint density at radius 1 is 1.44 bits per heavy atom. The smallest absolute Gasteiger partial charge is 0.337 e. The SMILES string of the molecule is CNC(=O)C(C)N(C)c1ccc(N)cc1C(=O)O. The van der Waals surface area contributed by atoms with Crippen molar-refractivity contribution in [3.63, 3.8) is 0 Å². The molecule has 1 rings (SSSR count). The second-order valence-corrected chi connectivity index (χ2v) is 3.98. The summed E-state index contributed by atoms with van der Waals surface area (Å²) in [4.78, 5) is 24.3. The first-order chi connectivity index (χ1) is 8.38. The monoisotopic (exact) mass is 251 g/mol. The number of carbonyl (C=O) groups excluding carboxylic acids is 1. The van der Waals surface area contributed by atoms with E-state index in [0.29, 0.717) is 11.4 Å². The minimum atomic E-state index is -1.08. The van der Waals surface area contributed by atoms with Gasteiger partial charge in [-0.1, -0.05) is 0 Å². The molecular weight excluding hydrogens is 234 g/mol. The number of nitrogens with one attached hydrogen (secondary N) is 1. The van der Waals surface area contributed by atoms with Gasteiger partial charge in [0.05, 0.1) is 11.3 Å². The van der Waals surface area contributed by atoms with E-state index in [0.717, 1.165) is 0 Å². The number of hydrogen-bond acceptors (Lipinski definition) is 4. The van der Waals surface area contributed by atoms with E-state index in [2.05, 4.69) is 5.32 Å². The van der Waals surface area contributed by atoms with Crippen LogP contribution in [0.25, 0.3) is 0 Å². The standard InChI is InChI=1S/C12H17N3O3/c1-7(11(16)14-2)15(3)10-5-4-8(13)6-9(10)12(17)18/h4-7H,13H2,1-3H3,(H,14,16)(H,17,18). The molecule has 1 aromatic rings. The Morgan fingerprint density at radius 2 is 2.06 bits per heavy atom. The van der Waals surface area contributed by atoms with Crippen molar-refractivity contribution in [1.29, 1.82) is 0 Å². The zero-order valence-electron chi connectivity index (χ0n) is 10.6. The highest BCUT2D eigenvalue weighted by molar-refractivity contribution is 5.97. The summed E-state index contributed by atoms with van der Waals surface area (Å²) in [5.41, 5.74) is 6.47. The van der Waals surface area contributed by atoms with Crippen LogP contribution in [-0.4, -0.2) is 37.1 Å². The summed E-state index contributed by atoms with van der Waals surface area (Å²) in [5, 5.41) is 11.7. The Kier molecular flexibility index (Phi) is 4.14. The predicted octanol–water partition coefficient (Wildman–Crippen LogP) is 0.538. The first kappa shape index (κ1) is 13.8. The Morgan fingerprint density at radius 3 is 2.56 bits per heavy atom. The lowest BCUT2D eigenvalue weighted by Gasteiger charge is -2.27. The van der Waals surface area contributed by atoms with Crippen LogP contribution in [0.15, 0.2) is 18.2 Å². The van der Waals surface area contributed by atoms with Crippen molar-refractivity contribution in [2.45, 2.75) is 13.0 Å². The van der Waals surface area contributed by atoms with Gasteiger partial charge in [-0.15, -0.1) is 0 Å². The van der Waals surface area contributed by atoms with Gasteiger partial charge in [0.15, 0.2) is 0 Å². The number of aromatic carboxylic acids is 1. The highest BCUT2D eigenvalue weighted by atomic mass is 16.4. The molecule has 1 amide bonds. The predicted molar refractivity (Wildman–Crippen MR) is 69.7 cm³/mol. The maximum absolute atomic E-state index is 11.5. The second kappa shape index (κ2) is 5.39. The third-order valence-corrected chi connectivity index (χ3v) is 2.84. The maximum Gasteiger partial charge on any atom is 0.337 e. The number of nitrogens with zero attached hydrogens (tertiary/aromatic N) is 1. The Balaban J connectivity index is 3.16. The van der Waals surface area contributed by atoms with E-state index in [9.17, 15) is 9.59 Å². The van der Waals surface area contributed by atoms with Gasteiger partial charge in [0.25, 0.3) is 0 Å². The van der Waals surface area contributed by atoms with Crippen molar-refractivity contribution in [1.82, 2.24) is 5.32 Å². The fourth-order valence-corrected chi connectivity index (χ4v) is 1.63. The molecule has 6 heteroatoms. The number of hydrogen-bond donors (Lipinski definition) is 3. The van der Waals surface area contributed by atoms with Crippen LogP contribution in [0.3, 0.4) is 0 Å². The van der Waals surface area contributed by atoms with E-state index in [4.69, 9.17) is 10.8 Å². The molecule has 0 saturated carbocycles. The topological polar surface area (TPSA) is 95.7 Å². The molecule has 4 N–H and O–H groups in total. The van der Waals surface area contributed by atoms with Gasteiger partial charge in [-0.05, 0) is 25.1 Å². The normalized spacial score (nSPS) is 11.7. The first-order valence-corrected chi connectivity index (χ1v) is 5.45. The number of carboxylic acids is 1. The van der Waals surface area contributed by atoms with Crippen molar-refractivity contribution in [3.05, 3.63) is 23.8 Å². The average molecular weight is 251 g/mol. The number of nitrogen functional groups attached to an aromatic ring is 1. The molecule has 1 unspecified atom stereocenters. The van der Waals surface area contributed by atoms with Gasteiger partial charge in [0.2, 0.25) is 5.91 Å². The van der Waals surface area contributed by atoms with Gasteiger partial charge in [0, 0.05) is 19.8 Å². The molecule has 18 heavy (non-hydrogen) atoms. The second-order valence-electron chi connectivity index (χ2n) is 3.98. The first-order valence-electron chi connectivity index (χ1n) is 5.45. The number of nitrogens with two attached hydrogens (primary N) is 1. The van der Waals surface area contributed by atoms with Crippen molar-refractivity contribution in [2.75, 3.05) is 24.7 Å². The zero-order chi connectivity index (χ0) is 13.9. The van der Waals surface area contributed by atoms with Crippen molar-refractivity contribution in [2.24, 2.45) is 0 Å². The number of amides is 1. The fourth-order valence-electron chi connectivity index (χ4n) is 1.63. The zero-order valence-corrected chi connectivity index (χ0v) is 10.6. The molecule has 0 fully saturated rings. The maximum atomic E-state index is 11.5. The molecule has 0 radical (unpaired) electrons. The lowest BCUT2D eigenvalue weighted by atomic mass is 10.1. The minimum Gasteiger partial charge on any atom is -0.478 e. The van der Waals surface area contributed by atoms with Gasteiger partial charge in [0.1, 0.15) is 6.04 Å². The summed E-state index contributed by atoms with van der Waals surface area (Å²) in [6.45, 7) is 1.70. The van der Waals surface area contributed by atoms with Gasteiger partial charge in [-0.2, -0.15) is 0 Å². The van der Waals surface area contributed by atoms with Gasteiger partial charge in [-0.25, -0.2) is 4.79 Å². The van der Waals surface area contributed by atoms with Crippen LogP contribution in [0.1, 0.15) is 17.3 Å². The number of rotatable bonds is 4. The van der Waals surface area contributed by atoms with E-state index in [1.807, 2.05) is 0 Å². The van der Waals surface area contributed by atoms with Crippen LogP contribution < -0.4 is 16.0 Å². The summed E-state index contributed by atoms with van der Waals surface area (Å²) in [7, 11) is 3.20. The lowest BCUT2D eigenvalue weighted by molar-refractivity contribution is -0.121. The third-order valence-electron chi connectivity index (χ3n) is 2.84. The van der Waals surface area contributed by atoms with Crippen LogP contribution in [0.4, 0.5) is 11.4 Å². The van der Waals surface area contributed by atoms with Crippen LogP contribution in [0, 0.1) is 0 Å². The number of likely N-dealkylation sites (N-methyl/N-ethyl adjacent to an activating group) is 2. The van der Waals surface area contributed by atoms with Crippen LogP contribution >= 0.6 is 0 Å². The summed E-state index contributed by atoms with van der Waals surface area (Å²) in [6, 6.07) is 4.11. The molecule has 6 nitrogen and oxygen atoms in total. The molecule has 1 aromatic carbocycles. The van der Waals surface area contributed by atoms with Crippen LogP contribution in [-0.2, 0) is 4.79 Å². The molecule has 0 saturated heterocycles. The molecule has 0 bridgehead atoms. The molecule has 0 aliphatic rings. The van der Waals surface area contributed by atoms with E-state index in [1.54, 1.807) is 31.0 Å². The average Bonchev–Trinajstić information content (AvgIpc) is 2.35. The number of benzene rings is 1. The third kappa shape index (κ3) is 2.71. The van der Waals surface area contributed by atoms with Crippen molar-refractivity contribution in [3.8, 4) is 0 Å². The molecule has 98 valence electrons. The quantitative estimate of drug-likeness (QED) is 0.679. The number of anilines is 2. The number of carbonyl (C=O) groups is 2. The van der Waals surface area contributed by atoms with Crippen molar-refractivity contribution < 1.29 is 14.7 Å². The molecule has 0 aromatic heterocycles. The van der Waals surface area contributed by atoms with Crippen LogP contribution in [0.5, 0.6) is 0 Å². The summed E-state index contributed by atoms with van der Waals surface area (Å²) < 4.78 is 0. The molecule has 1 atom stereocenters. The minimum absolute atomic E-state index is 0.0771. The molecule has 0 heterocycles. The molecular formula is C12H17N3O3. The lowest BCUT2D eigenvalue weighted by Crippen LogP contribution is -2.42. The van der Waals surface area contributed by atoms with Gasteiger partial charge >= 0.3 is 5.97 Å². The molecule has 0 spiro atoms. The summed E-state index contributed by atoms with van der Waals surface area (Å²) in [5.74, 6) is -1.26. The van der Waals surface area contributed by atoms with Crippen molar-refractivity contribution >= 4 is 23.3 Å². The highest BCUT2D eigenvalue weighted by Crippen LogP contribution is 2.23. The Hall–Kier alpha value is -2.24. The van der Waals surface area contributed by atoms with E-state index >= 15 is 0 Å². The fraction of sp³-hybridized carbons (Fsp3) is 0.333. The Bertz CT molecular complexity index is 474. The van der Waals surface area contributed by atoms with E-state index in [1.165, 1.54) is 13.1 Å². The largest absolute Gasteiger partial charge is 0.478 e. The van der Waals surface area contributed by atoms with Gasteiger partial charge in [-0.3, -0.25) is 4.79 Å². The summed E-state index contributed by atoms with van der Waals surface area (Å²) >= 11 is 0. The highest BCUT2D eigenvalue weighted by Gasteiger charge is 2.21. The molecule has 0 aliphatic carbocycles. The van der Waals surface area contributed by atoms with Crippen LogP contribution in [0.2, 0.25) is 0 Å². The van der Waals surface area contributed by atoms with E-state index in [-0.39, 0.29) is 11.5 Å². The number of carboxylic acid groups (broad SMARTS) is 1. The summed E-state index contributed by atoms with van der Waals surface area (Å²) in [6.07, 6.45) is 0. The Labute approximate surface area is 105 Å². The van der Waals surface area contributed by atoms with E-state index < -0.39 is 12.0 Å².